The van der Waals surface area contributed by atoms with Gasteiger partial charge >= 0.3 is 0 Å². The van der Waals surface area contributed by atoms with Crippen molar-refractivity contribution in [2.75, 3.05) is 6.54 Å². The largest absolute Gasteiger partial charge is 0.508 e. The summed E-state index contributed by atoms with van der Waals surface area (Å²) in [4.78, 5) is 12.3. The van der Waals surface area contributed by atoms with Crippen molar-refractivity contribution in [1.82, 2.24) is 5.32 Å². The van der Waals surface area contributed by atoms with E-state index in [0.29, 0.717) is 60.6 Å². The molecule has 0 fully saturated rings. The van der Waals surface area contributed by atoms with Gasteiger partial charge in [-0.3, -0.25) is 4.79 Å². The molecule has 2 heterocycles. The Hall–Kier alpha value is -3.39. The maximum absolute atomic E-state index is 12.3. The Morgan fingerprint density at radius 1 is 1.08 bits per heavy atom. The first-order valence-corrected chi connectivity index (χ1v) is 13.5. The van der Waals surface area contributed by atoms with E-state index in [1.165, 1.54) is 24.3 Å². The molecule has 4 rings (SSSR count). The molecular formula is C30H39NO7. The summed E-state index contributed by atoms with van der Waals surface area (Å²) >= 11 is 0. The summed E-state index contributed by atoms with van der Waals surface area (Å²) in [5.41, 5.74) is 1.11. The molecule has 3 atom stereocenters. The van der Waals surface area contributed by atoms with Gasteiger partial charge in [0.25, 0.3) is 0 Å². The first kappa shape index (κ1) is 27.6. The second-order valence-corrected chi connectivity index (χ2v) is 10.9. The highest BCUT2D eigenvalue weighted by Crippen LogP contribution is 2.52. The predicted molar refractivity (Wildman–Crippen MR) is 144 cm³/mol. The van der Waals surface area contributed by atoms with Crippen molar-refractivity contribution in [2.24, 2.45) is 5.92 Å². The minimum absolute atomic E-state index is 0.0339. The molecule has 0 spiro atoms. The van der Waals surface area contributed by atoms with Crippen LogP contribution >= 0.6 is 0 Å². The van der Waals surface area contributed by atoms with Gasteiger partial charge in [0.15, 0.2) is 17.6 Å². The van der Waals surface area contributed by atoms with Crippen LogP contribution in [0, 0.1) is 5.92 Å². The van der Waals surface area contributed by atoms with E-state index in [9.17, 15) is 25.2 Å². The van der Waals surface area contributed by atoms with Crippen molar-refractivity contribution in [1.29, 1.82) is 0 Å². The van der Waals surface area contributed by atoms with Crippen LogP contribution in [0.15, 0.2) is 36.4 Å². The highest BCUT2D eigenvalue weighted by atomic mass is 16.6. The normalized spacial score (nSPS) is 22.0. The molecule has 2 aromatic rings. The third-order valence-corrected chi connectivity index (χ3v) is 7.30. The summed E-state index contributed by atoms with van der Waals surface area (Å²) in [6, 6.07) is 5.72. The first-order valence-electron chi connectivity index (χ1n) is 13.5. The molecule has 1 unspecified atom stereocenters. The number of hydrogen-bond acceptors (Lipinski definition) is 7. The van der Waals surface area contributed by atoms with E-state index >= 15 is 0 Å². The molecule has 8 nitrogen and oxygen atoms in total. The molecule has 0 aromatic heterocycles. The van der Waals surface area contributed by atoms with E-state index in [2.05, 4.69) is 31.3 Å². The second kappa shape index (κ2) is 11.6. The number of allylic oxidation sites excluding steroid dienone is 2. The molecule has 2 aliphatic heterocycles. The first-order chi connectivity index (χ1) is 18.1. The van der Waals surface area contributed by atoms with Crippen LogP contribution < -0.4 is 10.1 Å². The molecule has 5 N–H and O–H groups in total. The average Bonchev–Trinajstić information content (AvgIpc) is 2.84. The summed E-state index contributed by atoms with van der Waals surface area (Å²) in [6.45, 7) is 6.71. The number of phenolic OH excluding ortho intramolecular Hbond substituents is 4. The van der Waals surface area contributed by atoms with Gasteiger partial charge in [-0.2, -0.15) is 0 Å². The third-order valence-electron chi connectivity index (χ3n) is 7.30. The molecular weight excluding hydrogens is 486 g/mol. The van der Waals surface area contributed by atoms with Crippen LogP contribution in [0.3, 0.4) is 0 Å². The Kier molecular flexibility index (Phi) is 8.41. The lowest BCUT2D eigenvalue weighted by Gasteiger charge is -2.46. The smallest absolute Gasteiger partial charge is 0.219 e. The number of rotatable bonds is 10. The molecule has 0 radical (unpaired) electrons. The number of fused-ring (bicyclic) bond motifs is 4. The van der Waals surface area contributed by atoms with Crippen molar-refractivity contribution in [3.63, 3.8) is 0 Å². The van der Waals surface area contributed by atoms with E-state index in [-0.39, 0.29) is 28.9 Å². The lowest BCUT2D eigenvalue weighted by Crippen LogP contribution is -2.45. The molecule has 2 aromatic carbocycles. The number of carbonyl (C=O) groups excluding carboxylic acids is 1. The fourth-order valence-electron chi connectivity index (χ4n) is 5.35. The fourth-order valence-corrected chi connectivity index (χ4v) is 5.35. The number of unbranched alkanes of at least 4 members (excludes halogenated alkanes) is 2. The van der Waals surface area contributed by atoms with Crippen LogP contribution in [0.4, 0.5) is 0 Å². The quantitative estimate of drug-likeness (QED) is 0.158. The monoisotopic (exact) mass is 525 g/mol. The summed E-state index contributed by atoms with van der Waals surface area (Å²) in [6.07, 6.45) is 8.18. The number of nitrogens with one attached hydrogen (secondary N) is 1. The summed E-state index contributed by atoms with van der Waals surface area (Å²) in [5, 5.41) is 43.8. The number of hydrogen-bond donors (Lipinski definition) is 5. The molecule has 206 valence electrons. The number of ether oxygens (including phenoxy) is 2. The lowest BCUT2D eigenvalue weighted by molar-refractivity contribution is -0.153. The molecule has 0 saturated heterocycles. The standard InChI is InChI=1S/C30H39NO7/c1-18(2)9-6-4-5-7-10-28(36)31-12-8-11-30(3)22-17-25(35)24(34)15-20(22)29-27(38-30)16-21-23(33)13-19(32)14-26(21)37-29/h6,9,13-15,17-18,27,29,32-35H,4-5,7-8,10-12,16H2,1-3H3,(H,31,36)/b9-6+/t27-,29-,30?/m1/s1. The van der Waals surface area contributed by atoms with Gasteiger partial charge in [-0.15, -0.1) is 0 Å². The van der Waals surface area contributed by atoms with Crippen LogP contribution in [-0.2, 0) is 21.6 Å². The topological polar surface area (TPSA) is 128 Å². The minimum Gasteiger partial charge on any atom is -0.508 e. The summed E-state index contributed by atoms with van der Waals surface area (Å²) < 4.78 is 12.7. The van der Waals surface area contributed by atoms with Gasteiger partial charge < -0.3 is 35.2 Å². The Morgan fingerprint density at radius 2 is 1.84 bits per heavy atom. The maximum Gasteiger partial charge on any atom is 0.219 e. The van der Waals surface area contributed by atoms with Gasteiger partial charge in [0.05, 0.1) is 5.60 Å². The highest BCUT2D eigenvalue weighted by molar-refractivity contribution is 5.75. The summed E-state index contributed by atoms with van der Waals surface area (Å²) in [5.74, 6) is 0.248. The van der Waals surface area contributed by atoms with Gasteiger partial charge in [-0.05, 0) is 62.6 Å². The van der Waals surface area contributed by atoms with E-state index in [1.807, 2.05) is 6.92 Å². The van der Waals surface area contributed by atoms with Gasteiger partial charge in [-0.1, -0.05) is 26.0 Å². The zero-order valence-electron chi connectivity index (χ0n) is 22.4. The van der Waals surface area contributed by atoms with Crippen LogP contribution in [0.1, 0.15) is 82.1 Å². The zero-order chi connectivity index (χ0) is 27.4. The number of carbonyl (C=O) groups is 1. The van der Waals surface area contributed by atoms with Crippen molar-refractivity contribution < 1.29 is 34.7 Å². The SMILES string of the molecule is CC(C)/C=C/CCCCC(=O)NCCCC1(C)O[C@@H]2Cc3c(O)cc(O)cc3O[C@@H]2c2cc(O)c(O)cc21. The average molecular weight is 526 g/mol. The maximum atomic E-state index is 12.3. The fraction of sp³-hybridized carbons (Fsp3) is 0.500. The van der Waals surface area contributed by atoms with Crippen LogP contribution in [0.5, 0.6) is 28.7 Å². The molecule has 2 aliphatic rings. The number of benzene rings is 2. The molecule has 8 heteroatoms. The third kappa shape index (κ3) is 6.18. The lowest BCUT2D eigenvalue weighted by atomic mass is 9.79. The molecule has 0 bridgehead atoms. The molecule has 38 heavy (non-hydrogen) atoms. The second-order valence-electron chi connectivity index (χ2n) is 10.9. The molecule has 0 saturated carbocycles. The van der Waals surface area contributed by atoms with Crippen molar-refractivity contribution in [3.05, 3.63) is 53.1 Å². The Morgan fingerprint density at radius 3 is 2.61 bits per heavy atom. The van der Waals surface area contributed by atoms with Crippen molar-refractivity contribution >= 4 is 5.91 Å². The Balaban J connectivity index is 1.40. The van der Waals surface area contributed by atoms with Crippen LogP contribution in [0.2, 0.25) is 0 Å². The van der Waals surface area contributed by atoms with Gasteiger partial charge in [0.1, 0.15) is 23.4 Å². The van der Waals surface area contributed by atoms with E-state index < -0.39 is 17.8 Å². The van der Waals surface area contributed by atoms with Crippen LogP contribution in [0.25, 0.3) is 0 Å². The van der Waals surface area contributed by atoms with E-state index in [1.54, 1.807) is 0 Å². The predicted octanol–water partition coefficient (Wildman–Crippen LogP) is 5.47. The number of aromatic hydroxyl groups is 4. The number of phenols is 4. The van der Waals surface area contributed by atoms with Gasteiger partial charge in [-0.25, -0.2) is 0 Å². The number of amides is 1. The van der Waals surface area contributed by atoms with Gasteiger partial charge in [0, 0.05) is 42.6 Å². The Bertz CT molecular complexity index is 1190. The van der Waals surface area contributed by atoms with E-state index in [4.69, 9.17) is 9.47 Å². The zero-order valence-corrected chi connectivity index (χ0v) is 22.4. The van der Waals surface area contributed by atoms with Crippen LogP contribution in [-0.4, -0.2) is 39.0 Å². The summed E-state index contributed by atoms with van der Waals surface area (Å²) in [7, 11) is 0. The van der Waals surface area contributed by atoms with Gasteiger partial charge in [0.2, 0.25) is 5.91 Å². The van der Waals surface area contributed by atoms with Crippen molar-refractivity contribution in [2.45, 2.75) is 83.5 Å². The Labute approximate surface area is 223 Å². The van der Waals surface area contributed by atoms with E-state index in [0.717, 1.165) is 19.3 Å². The van der Waals surface area contributed by atoms with Crippen molar-refractivity contribution in [3.8, 4) is 28.7 Å². The highest BCUT2D eigenvalue weighted by Gasteiger charge is 2.47. The molecule has 0 aliphatic carbocycles. The molecule has 1 amide bonds. The minimum atomic E-state index is -0.817.